The highest BCUT2D eigenvalue weighted by molar-refractivity contribution is 7.90. The molecule has 3 unspecified atom stereocenters. The second-order valence-corrected chi connectivity index (χ2v) is 6.37. The van der Waals surface area contributed by atoms with Crippen LogP contribution in [0.3, 0.4) is 0 Å². The zero-order valence-corrected chi connectivity index (χ0v) is 9.59. The van der Waals surface area contributed by atoms with E-state index in [0.717, 1.165) is 13.0 Å². The Morgan fingerprint density at radius 3 is 2.64 bits per heavy atom. The Morgan fingerprint density at radius 2 is 2.21 bits per heavy atom. The van der Waals surface area contributed by atoms with E-state index >= 15 is 0 Å². The molecule has 3 atom stereocenters. The molecule has 1 heterocycles. The molecule has 0 aromatic carbocycles. The van der Waals surface area contributed by atoms with Gasteiger partial charge >= 0.3 is 0 Å². The van der Waals surface area contributed by atoms with Gasteiger partial charge < -0.3 is 10.5 Å². The van der Waals surface area contributed by atoms with Gasteiger partial charge in [0.1, 0.15) is 9.84 Å². The van der Waals surface area contributed by atoms with Crippen molar-refractivity contribution in [1.29, 1.82) is 0 Å². The zero-order chi connectivity index (χ0) is 10.8. The third kappa shape index (κ3) is 3.55. The summed E-state index contributed by atoms with van der Waals surface area (Å²) >= 11 is 0. The third-order valence-electron chi connectivity index (χ3n) is 2.81. The van der Waals surface area contributed by atoms with Crippen LogP contribution in [-0.4, -0.2) is 39.2 Å². The summed E-state index contributed by atoms with van der Waals surface area (Å²) in [5.74, 6) is 0.494. The SMILES string of the molecule is CC1OCCC1C(N)CCS(C)(=O)=O. The minimum atomic E-state index is -2.89. The van der Waals surface area contributed by atoms with Crippen LogP contribution < -0.4 is 5.73 Å². The second kappa shape index (κ2) is 4.59. The van der Waals surface area contributed by atoms with E-state index in [1.165, 1.54) is 6.26 Å². The van der Waals surface area contributed by atoms with Crippen molar-refractivity contribution in [2.45, 2.75) is 31.9 Å². The van der Waals surface area contributed by atoms with Crippen molar-refractivity contribution in [2.75, 3.05) is 18.6 Å². The van der Waals surface area contributed by atoms with Crippen molar-refractivity contribution in [3.8, 4) is 0 Å². The molecule has 2 N–H and O–H groups in total. The third-order valence-corrected chi connectivity index (χ3v) is 3.78. The number of ether oxygens (including phenoxy) is 1. The molecule has 0 spiro atoms. The monoisotopic (exact) mass is 221 g/mol. The van der Waals surface area contributed by atoms with Gasteiger partial charge in [-0.05, 0) is 19.8 Å². The molecule has 1 fully saturated rings. The average molecular weight is 221 g/mol. The normalized spacial score (nSPS) is 30.5. The Kier molecular flexibility index (Phi) is 3.92. The van der Waals surface area contributed by atoms with Gasteiger partial charge in [0.2, 0.25) is 0 Å². The molecule has 0 amide bonds. The van der Waals surface area contributed by atoms with E-state index in [9.17, 15) is 8.42 Å². The second-order valence-electron chi connectivity index (χ2n) is 4.11. The van der Waals surface area contributed by atoms with Crippen LogP contribution >= 0.6 is 0 Å². The number of rotatable bonds is 4. The maximum Gasteiger partial charge on any atom is 0.147 e. The van der Waals surface area contributed by atoms with Crippen molar-refractivity contribution in [1.82, 2.24) is 0 Å². The van der Waals surface area contributed by atoms with Crippen molar-refractivity contribution in [2.24, 2.45) is 11.7 Å². The average Bonchev–Trinajstić information content (AvgIpc) is 2.46. The molecule has 4 nitrogen and oxygen atoms in total. The highest BCUT2D eigenvalue weighted by Gasteiger charge is 2.29. The van der Waals surface area contributed by atoms with Crippen LogP contribution in [-0.2, 0) is 14.6 Å². The van der Waals surface area contributed by atoms with Crippen molar-refractivity contribution in [3.63, 3.8) is 0 Å². The number of sulfone groups is 1. The lowest BCUT2D eigenvalue weighted by atomic mass is 9.92. The molecule has 0 radical (unpaired) electrons. The highest BCUT2D eigenvalue weighted by atomic mass is 32.2. The molecule has 0 aromatic heterocycles. The van der Waals surface area contributed by atoms with E-state index in [1.54, 1.807) is 0 Å². The zero-order valence-electron chi connectivity index (χ0n) is 8.77. The minimum Gasteiger partial charge on any atom is -0.378 e. The first-order valence-corrected chi connectivity index (χ1v) is 7.01. The van der Waals surface area contributed by atoms with Gasteiger partial charge in [-0.25, -0.2) is 8.42 Å². The first-order valence-electron chi connectivity index (χ1n) is 4.95. The van der Waals surface area contributed by atoms with Crippen LogP contribution in [0.1, 0.15) is 19.8 Å². The molecule has 1 rings (SSSR count). The molecule has 1 saturated heterocycles. The molecule has 14 heavy (non-hydrogen) atoms. The van der Waals surface area contributed by atoms with E-state index in [1.807, 2.05) is 6.92 Å². The quantitative estimate of drug-likeness (QED) is 0.735. The van der Waals surface area contributed by atoms with Crippen LogP contribution in [0.25, 0.3) is 0 Å². The smallest absolute Gasteiger partial charge is 0.147 e. The van der Waals surface area contributed by atoms with Gasteiger partial charge in [0.05, 0.1) is 11.9 Å². The van der Waals surface area contributed by atoms with Crippen LogP contribution in [0.15, 0.2) is 0 Å². The lowest BCUT2D eigenvalue weighted by Gasteiger charge is -2.21. The Balaban J connectivity index is 2.38. The Hall–Kier alpha value is -0.130. The summed E-state index contributed by atoms with van der Waals surface area (Å²) in [4.78, 5) is 0. The fourth-order valence-electron chi connectivity index (χ4n) is 1.87. The molecule has 84 valence electrons. The molecule has 0 saturated carbocycles. The maximum absolute atomic E-state index is 10.9. The predicted molar refractivity (Wildman–Crippen MR) is 55.8 cm³/mol. The summed E-state index contributed by atoms with van der Waals surface area (Å²) in [6.45, 7) is 2.75. The molecule has 0 aliphatic carbocycles. The summed E-state index contributed by atoms with van der Waals surface area (Å²) in [5.41, 5.74) is 5.93. The van der Waals surface area contributed by atoms with Gasteiger partial charge in [0.15, 0.2) is 0 Å². The van der Waals surface area contributed by atoms with E-state index in [4.69, 9.17) is 10.5 Å². The van der Waals surface area contributed by atoms with Crippen molar-refractivity contribution < 1.29 is 13.2 Å². The Bertz CT molecular complexity index is 276. The summed E-state index contributed by atoms with van der Waals surface area (Å²) in [5, 5.41) is 0. The van der Waals surface area contributed by atoms with Gasteiger partial charge in [-0.3, -0.25) is 0 Å². The summed E-state index contributed by atoms with van der Waals surface area (Å²) < 4.78 is 27.3. The predicted octanol–water partition coefficient (Wildman–Crippen LogP) is 0.173. The van der Waals surface area contributed by atoms with Gasteiger partial charge in [-0.15, -0.1) is 0 Å². The fourth-order valence-corrected chi connectivity index (χ4v) is 2.58. The lowest BCUT2D eigenvalue weighted by molar-refractivity contribution is 0.0992. The molecular formula is C9H19NO3S. The minimum absolute atomic E-state index is 0.0535. The molecule has 1 aliphatic rings. The summed E-state index contributed by atoms with van der Waals surface area (Å²) in [6.07, 6.45) is 2.90. The van der Waals surface area contributed by atoms with Gasteiger partial charge in [0.25, 0.3) is 0 Å². The van der Waals surface area contributed by atoms with E-state index < -0.39 is 9.84 Å². The van der Waals surface area contributed by atoms with Gasteiger partial charge in [-0.2, -0.15) is 0 Å². The van der Waals surface area contributed by atoms with Gasteiger partial charge in [0, 0.05) is 24.8 Å². The topological polar surface area (TPSA) is 69.4 Å². The van der Waals surface area contributed by atoms with Crippen LogP contribution in [0, 0.1) is 5.92 Å². The largest absolute Gasteiger partial charge is 0.378 e. The molecule has 5 heteroatoms. The van der Waals surface area contributed by atoms with Crippen molar-refractivity contribution >= 4 is 9.84 Å². The first kappa shape index (κ1) is 11.9. The Morgan fingerprint density at radius 1 is 1.57 bits per heavy atom. The summed E-state index contributed by atoms with van der Waals surface area (Å²) in [6, 6.07) is -0.0535. The Labute approximate surface area is 85.7 Å². The first-order chi connectivity index (χ1) is 6.40. The molecular weight excluding hydrogens is 202 g/mol. The van der Waals surface area contributed by atoms with E-state index in [2.05, 4.69) is 0 Å². The number of hydrogen-bond donors (Lipinski definition) is 1. The molecule has 0 bridgehead atoms. The van der Waals surface area contributed by atoms with E-state index in [-0.39, 0.29) is 17.9 Å². The number of nitrogens with two attached hydrogens (primary N) is 1. The van der Waals surface area contributed by atoms with E-state index in [0.29, 0.717) is 12.3 Å². The molecule has 0 aromatic rings. The molecule has 1 aliphatic heterocycles. The van der Waals surface area contributed by atoms with Gasteiger partial charge in [-0.1, -0.05) is 0 Å². The summed E-state index contributed by atoms with van der Waals surface area (Å²) in [7, 11) is -2.89. The lowest BCUT2D eigenvalue weighted by Crippen LogP contribution is -2.35. The van der Waals surface area contributed by atoms with Crippen LogP contribution in [0.5, 0.6) is 0 Å². The number of hydrogen-bond acceptors (Lipinski definition) is 4. The van der Waals surface area contributed by atoms with Crippen LogP contribution in [0.4, 0.5) is 0 Å². The standard InChI is InChI=1S/C9H19NO3S/c1-7-8(3-5-13-7)9(10)4-6-14(2,11)12/h7-9H,3-6,10H2,1-2H3. The maximum atomic E-state index is 10.9. The highest BCUT2D eigenvalue weighted by Crippen LogP contribution is 2.24. The van der Waals surface area contributed by atoms with Crippen molar-refractivity contribution in [3.05, 3.63) is 0 Å². The van der Waals surface area contributed by atoms with Crippen LogP contribution in [0.2, 0.25) is 0 Å². The fraction of sp³-hybridized carbons (Fsp3) is 1.00.